The standard InChI is InChI=1S/C29H34N2O7S2/c1-19(20-7-12-23(13-8-20)39(6,33)34)30-28(32)27-18-31(40(35,36)24-14-10-22(37-5)11-15-24)25-17-21(29(2,3)4)9-16-26(25)38-27/h7-17,19,27H,18H2,1-6H3,(H,30,32)/t19-,27+/m0/s1. The van der Waals surface area contributed by atoms with Gasteiger partial charge >= 0.3 is 0 Å². The Morgan fingerprint density at radius 3 is 2.12 bits per heavy atom. The second-order valence-corrected chi connectivity index (χ2v) is 14.7. The van der Waals surface area contributed by atoms with E-state index in [4.69, 9.17) is 9.47 Å². The third kappa shape index (κ3) is 6.10. The van der Waals surface area contributed by atoms with Crippen LogP contribution in [0.25, 0.3) is 0 Å². The zero-order chi connectivity index (χ0) is 29.5. The predicted octanol–water partition coefficient (Wildman–Crippen LogP) is 4.23. The molecular weight excluding hydrogens is 552 g/mol. The number of hydrogen-bond donors (Lipinski definition) is 1. The average Bonchev–Trinajstić information content (AvgIpc) is 2.91. The highest BCUT2D eigenvalue weighted by Crippen LogP contribution is 2.40. The van der Waals surface area contributed by atoms with Crippen LogP contribution in [0.15, 0.2) is 76.5 Å². The summed E-state index contributed by atoms with van der Waals surface area (Å²) in [4.78, 5) is 13.6. The lowest BCUT2D eigenvalue weighted by molar-refractivity contribution is -0.128. The Kier molecular flexibility index (Phi) is 7.92. The molecule has 214 valence electrons. The summed E-state index contributed by atoms with van der Waals surface area (Å²) in [5.74, 6) is 0.300. The molecule has 0 aromatic heterocycles. The molecule has 1 amide bonds. The largest absolute Gasteiger partial charge is 0.497 e. The van der Waals surface area contributed by atoms with Crippen LogP contribution in [0.4, 0.5) is 5.69 Å². The molecule has 1 aliphatic heterocycles. The fourth-order valence-electron chi connectivity index (χ4n) is 4.35. The maximum Gasteiger partial charge on any atom is 0.264 e. The summed E-state index contributed by atoms with van der Waals surface area (Å²) in [6, 6.07) is 17.2. The summed E-state index contributed by atoms with van der Waals surface area (Å²) in [6.45, 7) is 7.61. The number of ether oxygens (including phenoxy) is 2. The van der Waals surface area contributed by atoms with E-state index < -0.39 is 37.9 Å². The van der Waals surface area contributed by atoms with Crippen molar-refractivity contribution in [2.75, 3.05) is 24.2 Å². The van der Waals surface area contributed by atoms with E-state index in [0.717, 1.165) is 11.8 Å². The third-order valence-electron chi connectivity index (χ3n) is 6.80. The SMILES string of the molecule is COc1ccc(S(=O)(=O)N2C[C@H](C(=O)N[C@@H](C)c3ccc(S(C)(=O)=O)cc3)Oc3ccc(C(C)(C)C)cc32)cc1. The van der Waals surface area contributed by atoms with Crippen molar-refractivity contribution in [1.29, 1.82) is 0 Å². The summed E-state index contributed by atoms with van der Waals surface area (Å²) in [6.07, 6.45) is 0.000487. The fourth-order valence-corrected chi connectivity index (χ4v) is 6.45. The lowest BCUT2D eigenvalue weighted by Gasteiger charge is -2.36. The Morgan fingerprint density at radius 1 is 0.975 bits per heavy atom. The number of fused-ring (bicyclic) bond motifs is 1. The Morgan fingerprint density at radius 2 is 1.57 bits per heavy atom. The molecule has 11 heteroatoms. The summed E-state index contributed by atoms with van der Waals surface area (Å²) in [5.41, 5.74) is 1.71. The Labute approximate surface area is 236 Å². The van der Waals surface area contributed by atoms with Crippen molar-refractivity contribution in [2.24, 2.45) is 0 Å². The number of benzene rings is 3. The van der Waals surface area contributed by atoms with Gasteiger partial charge in [-0.05, 0) is 72.0 Å². The monoisotopic (exact) mass is 586 g/mol. The van der Waals surface area contributed by atoms with Crippen LogP contribution >= 0.6 is 0 Å². The molecule has 40 heavy (non-hydrogen) atoms. The molecule has 4 rings (SSSR count). The first kappa shape index (κ1) is 29.4. The minimum atomic E-state index is -4.07. The van der Waals surface area contributed by atoms with Crippen molar-refractivity contribution >= 4 is 31.5 Å². The van der Waals surface area contributed by atoms with E-state index in [1.807, 2.05) is 26.8 Å². The number of sulfonamides is 1. The van der Waals surface area contributed by atoms with Crippen molar-refractivity contribution in [3.05, 3.63) is 77.9 Å². The van der Waals surface area contributed by atoms with Gasteiger partial charge in [-0.25, -0.2) is 16.8 Å². The first-order chi connectivity index (χ1) is 18.6. The van der Waals surface area contributed by atoms with Gasteiger partial charge in [0.1, 0.15) is 11.5 Å². The summed E-state index contributed by atoms with van der Waals surface area (Å²) in [5, 5.41) is 2.87. The Bertz CT molecular complexity index is 1610. The van der Waals surface area contributed by atoms with Crippen molar-refractivity contribution in [3.63, 3.8) is 0 Å². The van der Waals surface area contributed by atoms with Gasteiger partial charge in [-0.15, -0.1) is 0 Å². The minimum absolute atomic E-state index is 0.0563. The zero-order valence-corrected chi connectivity index (χ0v) is 25.0. The van der Waals surface area contributed by atoms with Gasteiger partial charge in [0.05, 0.1) is 35.2 Å². The number of carbonyl (C=O) groups excluding carboxylic acids is 1. The first-order valence-electron chi connectivity index (χ1n) is 12.7. The number of nitrogens with zero attached hydrogens (tertiary/aromatic N) is 1. The number of anilines is 1. The molecule has 0 saturated carbocycles. The maximum atomic E-state index is 13.9. The van der Waals surface area contributed by atoms with E-state index >= 15 is 0 Å². The normalized spacial score (nSPS) is 16.4. The molecule has 0 bridgehead atoms. The van der Waals surface area contributed by atoms with Gasteiger partial charge in [0, 0.05) is 6.26 Å². The molecule has 3 aromatic carbocycles. The third-order valence-corrected chi connectivity index (χ3v) is 9.72. The predicted molar refractivity (Wildman–Crippen MR) is 153 cm³/mol. The number of hydrogen-bond acceptors (Lipinski definition) is 7. The summed E-state index contributed by atoms with van der Waals surface area (Å²) < 4.78 is 63.8. The molecule has 0 aliphatic carbocycles. The van der Waals surface area contributed by atoms with Gasteiger partial charge in [0.25, 0.3) is 15.9 Å². The zero-order valence-electron chi connectivity index (χ0n) is 23.3. The lowest BCUT2D eigenvalue weighted by Crippen LogP contribution is -2.51. The number of nitrogens with one attached hydrogen (secondary N) is 1. The van der Waals surface area contributed by atoms with Gasteiger partial charge in [0.15, 0.2) is 15.9 Å². The van der Waals surface area contributed by atoms with Gasteiger partial charge in [-0.1, -0.05) is 39.0 Å². The van der Waals surface area contributed by atoms with E-state index in [2.05, 4.69) is 5.32 Å². The van der Waals surface area contributed by atoms with Crippen LogP contribution < -0.4 is 19.1 Å². The number of carbonyl (C=O) groups is 1. The first-order valence-corrected chi connectivity index (χ1v) is 16.0. The van der Waals surface area contributed by atoms with Crippen LogP contribution in [0.5, 0.6) is 11.5 Å². The Balaban J connectivity index is 1.66. The molecule has 0 fully saturated rings. The minimum Gasteiger partial charge on any atom is -0.497 e. The molecule has 1 N–H and O–H groups in total. The van der Waals surface area contributed by atoms with Crippen molar-refractivity contribution in [2.45, 2.75) is 55.0 Å². The molecule has 2 atom stereocenters. The second kappa shape index (κ2) is 10.8. The molecule has 0 radical (unpaired) electrons. The number of sulfone groups is 1. The van der Waals surface area contributed by atoms with E-state index in [0.29, 0.717) is 17.0 Å². The number of amides is 1. The van der Waals surface area contributed by atoms with Gasteiger partial charge in [-0.2, -0.15) is 0 Å². The van der Waals surface area contributed by atoms with Crippen LogP contribution in [0.3, 0.4) is 0 Å². The van der Waals surface area contributed by atoms with E-state index in [9.17, 15) is 21.6 Å². The lowest BCUT2D eigenvalue weighted by atomic mass is 9.86. The Hall–Kier alpha value is -3.57. The highest BCUT2D eigenvalue weighted by Gasteiger charge is 2.38. The molecular formula is C29H34N2O7S2. The van der Waals surface area contributed by atoms with Crippen LogP contribution in [0.1, 0.15) is 44.9 Å². The molecule has 1 aliphatic rings. The van der Waals surface area contributed by atoms with Crippen molar-refractivity contribution in [1.82, 2.24) is 5.32 Å². The molecule has 9 nitrogen and oxygen atoms in total. The van der Waals surface area contributed by atoms with Gasteiger partial charge < -0.3 is 14.8 Å². The quantitative estimate of drug-likeness (QED) is 0.440. The number of rotatable bonds is 7. The molecule has 1 heterocycles. The van der Waals surface area contributed by atoms with Crippen molar-refractivity contribution in [3.8, 4) is 11.5 Å². The van der Waals surface area contributed by atoms with E-state index in [1.165, 1.54) is 35.7 Å². The topological polar surface area (TPSA) is 119 Å². The fraction of sp³-hybridized carbons (Fsp3) is 0.345. The second-order valence-electron chi connectivity index (χ2n) is 10.8. The smallest absolute Gasteiger partial charge is 0.264 e. The molecule has 0 unspecified atom stereocenters. The van der Waals surface area contributed by atoms with Crippen LogP contribution in [-0.4, -0.2) is 48.8 Å². The number of methoxy groups -OCH3 is 1. The average molecular weight is 587 g/mol. The van der Waals surface area contributed by atoms with E-state index in [1.54, 1.807) is 43.3 Å². The van der Waals surface area contributed by atoms with Crippen LogP contribution in [0, 0.1) is 0 Å². The van der Waals surface area contributed by atoms with E-state index in [-0.39, 0.29) is 27.5 Å². The molecule has 0 saturated heterocycles. The highest BCUT2D eigenvalue weighted by atomic mass is 32.2. The highest BCUT2D eigenvalue weighted by molar-refractivity contribution is 7.92. The van der Waals surface area contributed by atoms with Crippen LogP contribution in [-0.2, 0) is 30.1 Å². The van der Waals surface area contributed by atoms with Crippen molar-refractivity contribution < 1.29 is 31.1 Å². The van der Waals surface area contributed by atoms with Crippen LogP contribution in [0.2, 0.25) is 0 Å². The van der Waals surface area contributed by atoms with Gasteiger partial charge in [0.2, 0.25) is 0 Å². The molecule has 0 spiro atoms. The summed E-state index contributed by atoms with van der Waals surface area (Å²) >= 11 is 0. The van der Waals surface area contributed by atoms with Gasteiger partial charge in [-0.3, -0.25) is 9.10 Å². The molecule has 3 aromatic rings. The maximum absolute atomic E-state index is 13.9. The summed E-state index contributed by atoms with van der Waals surface area (Å²) in [7, 11) is -5.92.